The molecule has 3 N–H and O–H groups in total. The number of nitrogens with two attached hydrogens (primary N) is 1. The summed E-state index contributed by atoms with van der Waals surface area (Å²) in [5, 5.41) is 2.81. The van der Waals surface area contributed by atoms with Gasteiger partial charge in [0.05, 0.1) is 6.54 Å². The Morgan fingerprint density at radius 1 is 1.08 bits per heavy atom. The van der Waals surface area contributed by atoms with Crippen molar-refractivity contribution in [3.8, 4) is 0 Å². The molecule has 1 aliphatic heterocycles. The summed E-state index contributed by atoms with van der Waals surface area (Å²) in [7, 11) is 0. The minimum atomic E-state index is -0.0144. The molecule has 1 aliphatic carbocycles. The van der Waals surface area contributed by atoms with Gasteiger partial charge in [-0.3, -0.25) is 9.59 Å². The molecule has 6 heteroatoms. The third kappa shape index (κ3) is 5.71. The SMILES string of the molecule is Cl.NC1CCC(C(=O)NCC(=O)N2CCC(Cc3ccccc3)CC2)C1. The number of nitrogens with zero attached hydrogens (tertiary/aromatic N) is 1. The number of carbonyl (C=O) groups excluding carboxylic acids is 2. The summed E-state index contributed by atoms with van der Waals surface area (Å²) < 4.78 is 0. The van der Waals surface area contributed by atoms with E-state index in [2.05, 4.69) is 29.6 Å². The van der Waals surface area contributed by atoms with Crippen LogP contribution in [0.4, 0.5) is 0 Å². The van der Waals surface area contributed by atoms with Crippen molar-refractivity contribution in [2.75, 3.05) is 19.6 Å². The lowest BCUT2D eigenvalue weighted by atomic mass is 9.90. The maximum absolute atomic E-state index is 12.3. The highest BCUT2D eigenvalue weighted by molar-refractivity contribution is 5.86. The molecule has 2 aliphatic rings. The smallest absolute Gasteiger partial charge is 0.241 e. The highest BCUT2D eigenvalue weighted by Gasteiger charge is 2.28. The second kappa shape index (κ2) is 9.93. The third-order valence-corrected chi connectivity index (χ3v) is 5.59. The first-order valence-corrected chi connectivity index (χ1v) is 9.47. The van der Waals surface area contributed by atoms with Crippen LogP contribution in [-0.4, -0.2) is 42.4 Å². The third-order valence-electron chi connectivity index (χ3n) is 5.59. The van der Waals surface area contributed by atoms with Crippen molar-refractivity contribution in [2.45, 2.75) is 44.6 Å². The maximum atomic E-state index is 12.3. The van der Waals surface area contributed by atoms with Crippen LogP contribution in [0.3, 0.4) is 0 Å². The van der Waals surface area contributed by atoms with E-state index in [1.807, 2.05) is 11.0 Å². The summed E-state index contributed by atoms with van der Waals surface area (Å²) in [6, 6.07) is 10.7. The van der Waals surface area contributed by atoms with E-state index in [0.717, 1.165) is 51.6 Å². The van der Waals surface area contributed by atoms with Gasteiger partial charge in [0.2, 0.25) is 11.8 Å². The van der Waals surface area contributed by atoms with Crippen molar-refractivity contribution >= 4 is 24.2 Å². The van der Waals surface area contributed by atoms with Gasteiger partial charge in [-0.1, -0.05) is 30.3 Å². The zero-order valence-electron chi connectivity index (χ0n) is 15.2. The highest BCUT2D eigenvalue weighted by atomic mass is 35.5. The van der Waals surface area contributed by atoms with Crippen LogP contribution in [0, 0.1) is 11.8 Å². The molecular formula is C20H30ClN3O2. The number of amides is 2. The van der Waals surface area contributed by atoms with E-state index in [-0.39, 0.29) is 42.7 Å². The Hall–Kier alpha value is -1.59. The highest BCUT2D eigenvalue weighted by Crippen LogP contribution is 2.24. The largest absolute Gasteiger partial charge is 0.347 e. The molecule has 2 fully saturated rings. The Kier molecular flexibility index (Phi) is 7.91. The van der Waals surface area contributed by atoms with Gasteiger partial charge in [-0.2, -0.15) is 0 Å². The van der Waals surface area contributed by atoms with Gasteiger partial charge >= 0.3 is 0 Å². The van der Waals surface area contributed by atoms with E-state index >= 15 is 0 Å². The fourth-order valence-corrected chi connectivity index (χ4v) is 4.01. The summed E-state index contributed by atoms with van der Waals surface area (Å²) in [6.45, 7) is 1.70. The van der Waals surface area contributed by atoms with E-state index < -0.39 is 0 Å². The second-order valence-corrected chi connectivity index (χ2v) is 7.50. The maximum Gasteiger partial charge on any atom is 0.241 e. The van der Waals surface area contributed by atoms with Crippen molar-refractivity contribution in [3.05, 3.63) is 35.9 Å². The van der Waals surface area contributed by atoms with Crippen LogP contribution < -0.4 is 11.1 Å². The van der Waals surface area contributed by atoms with Gasteiger partial charge in [0.25, 0.3) is 0 Å². The number of hydrogen-bond acceptors (Lipinski definition) is 3. The number of halogens is 1. The summed E-state index contributed by atoms with van der Waals surface area (Å²) in [5.41, 5.74) is 7.22. The zero-order chi connectivity index (χ0) is 17.6. The van der Waals surface area contributed by atoms with Crippen molar-refractivity contribution in [1.82, 2.24) is 10.2 Å². The average Bonchev–Trinajstić information content (AvgIpc) is 3.07. The first-order valence-electron chi connectivity index (χ1n) is 9.47. The van der Waals surface area contributed by atoms with Crippen molar-refractivity contribution in [1.29, 1.82) is 0 Å². The van der Waals surface area contributed by atoms with Crippen LogP contribution in [0.5, 0.6) is 0 Å². The summed E-state index contributed by atoms with van der Waals surface area (Å²) >= 11 is 0. The molecular weight excluding hydrogens is 350 g/mol. The van der Waals surface area contributed by atoms with E-state index in [4.69, 9.17) is 5.73 Å². The monoisotopic (exact) mass is 379 g/mol. The van der Waals surface area contributed by atoms with Gasteiger partial charge in [0, 0.05) is 25.0 Å². The number of rotatable bonds is 5. The summed E-state index contributed by atoms with van der Waals surface area (Å²) in [6.07, 6.45) is 5.64. The van der Waals surface area contributed by atoms with Crippen LogP contribution in [0.1, 0.15) is 37.7 Å². The van der Waals surface area contributed by atoms with Crippen molar-refractivity contribution < 1.29 is 9.59 Å². The quantitative estimate of drug-likeness (QED) is 0.822. The van der Waals surface area contributed by atoms with E-state index in [1.165, 1.54) is 5.56 Å². The Morgan fingerprint density at radius 2 is 1.77 bits per heavy atom. The Bertz CT molecular complexity index is 588. The zero-order valence-corrected chi connectivity index (χ0v) is 16.0. The average molecular weight is 380 g/mol. The predicted molar refractivity (Wildman–Crippen MR) is 105 cm³/mol. The molecule has 1 saturated heterocycles. The molecule has 1 saturated carbocycles. The second-order valence-electron chi connectivity index (χ2n) is 7.50. The number of hydrogen-bond donors (Lipinski definition) is 2. The Balaban J connectivity index is 0.00000243. The standard InChI is InChI=1S/C20H29N3O2.ClH/c21-18-7-6-17(13-18)20(25)22-14-19(24)23-10-8-16(9-11-23)12-15-4-2-1-3-5-15;/h1-5,16-18H,6-14,21H2,(H,22,25);1H. The van der Waals surface area contributed by atoms with Crippen LogP contribution >= 0.6 is 12.4 Å². The Labute approximate surface area is 162 Å². The van der Waals surface area contributed by atoms with Crippen molar-refractivity contribution in [3.63, 3.8) is 0 Å². The summed E-state index contributed by atoms with van der Waals surface area (Å²) in [5.74, 6) is 0.648. The lowest BCUT2D eigenvalue weighted by molar-refractivity contribution is -0.134. The van der Waals surface area contributed by atoms with Crippen LogP contribution in [-0.2, 0) is 16.0 Å². The van der Waals surface area contributed by atoms with Crippen LogP contribution in [0.25, 0.3) is 0 Å². The van der Waals surface area contributed by atoms with Gasteiger partial charge < -0.3 is 16.0 Å². The topological polar surface area (TPSA) is 75.4 Å². The molecule has 2 unspecified atom stereocenters. The van der Waals surface area contributed by atoms with Gasteiger partial charge in [-0.05, 0) is 50.0 Å². The minimum Gasteiger partial charge on any atom is -0.347 e. The molecule has 0 radical (unpaired) electrons. The fourth-order valence-electron chi connectivity index (χ4n) is 4.01. The Morgan fingerprint density at radius 3 is 2.38 bits per heavy atom. The molecule has 0 spiro atoms. The molecule has 1 aromatic carbocycles. The lowest BCUT2D eigenvalue weighted by Gasteiger charge is -2.32. The molecule has 26 heavy (non-hydrogen) atoms. The van der Waals surface area contributed by atoms with Gasteiger partial charge in [-0.15, -0.1) is 12.4 Å². The first-order chi connectivity index (χ1) is 12.1. The molecule has 3 rings (SSSR count). The predicted octanol–water partition coefficient (Wildman–Crippen LogP) is 2.13. The number of piperidine rings is 1. The molecule has 0 bridgehead atoms. The van der Waals surface area contributed by atoms with Gasteiger partial charge in [0.15, 0.2) is 0 Å². The molecule has 1 aromatic rings. The van der Waals surface area contributed by atoms with E-state index in [9.17, 15) is 9.59 Å². The molecule has 0 aromatic heterocycles. The molecule has 2 amide bonds. The van der Waals surface area contributed by atoms with Crippen LogP contribution in [0.2, 0.25) is 0 Å². The van der Waals surface area contributed by atoms with Crippen molar-refractivity contribution in [2.24, 2.45) is 17.6 Å². The van der Waals surface area contributed by atoms with E-state index in [0.29, 0.717) is 5.92 Å². The number of likely N-dealkylation sites (tertiary alicyclic amines) is 1. The van der Waals surface area contributed by atoms with Gasteiger partial charge in [-0.25, -0.2) is 0 Å². The normalized spacial score (nSPS) is 23.3. The number of benzene rings is 1. The molecule has 144 valence electrons. The lowest BCUT2D eigenvalue weighted by Crippen LogP contribution is -2.45. The van der Waals surface area contributed by atoms with Gasteiger partial charge in [0.1, 0.15) is 0 Å². The number of carbonyl (C=O) groups is 2. The van der Waals surface area contributed by atoms with Crippen LogP contribution in [0.15, 0.2) is 30.3 Å². The van der Waals surface area contributed by atoms with E-state index in [1.54, 1.807) is 0 Å². The number of nitrogens with one attached hydrogen (secondary N) is 1. The molecule has 5 nitrogen and oxygen atoms in total. The molecule has 2 atom stereocenters. The first kappa shape index (κ1) is 20.7. The fraction of sp³-hybridized carbons (Fsp3) is 0.600. The molecule has 1 heterocycles. The summed E-state index contributed by atoms with van der Waals surface area (Å²) in [4.78, 5) is 26.3. The minimum absolute atomic E-state index is 0.